The van der Waals surface area contributed by atoms with Gasteiger partial charge in [-0.1, -0.05) is 29.3 Å². The van der Waals surface area contributed by atoms with Crippen molar-refractivity contribution in [3.05, 3.63) is 33.8 Å². The number of carbonyl (C=O) groups is 2. The summed E-state index contributed by atoms with van der Waals surface area (Å²) in [6.07, 6.45) is 1.41. The number of amides is 3. The Balaban J connectivity index is 1.51. The maximum atomic E-state index is 13.3. The molecule has 3 saturated heterocycles. The Morgan fingerprint density at radius 3 is 2.72 bits per heavy atom. The van der Waals surface area contributed by atoms with Crippen LogP contribution < -0.4 is 10.6 Å². The largest absolute Gasteiger partial charge is 0.380 e. The van der Waals surface area contributed by atoms with E-state index in [1.165, 1.54) is 4.90 Å². The first-order valence-corrected chi connectivity index (χ1v) is 10.5. The second-order valence-corrected chi connectivity index (χ2v) is 8.59. The number of rotatable bonds is 4. The molecule has 1 aromatic rings. The third-order valence-electron chi connectivity index (χ3n) is 5.82. The third kappa shape index (κ3) is 3.97. The zero-order chi connectivity index (χ0) is 20.7. The Bertz CT molecular complexity index is 804. The molecular weight excluding hydrogens is 417 g/mol. The van der Waals surface area contributed by atoms with E-state index >= 15 is 0 Å². The van der Waals surface area contributed by atoms with Gasteiger partial charge in [-0.3, -0.25) is 25.2 Å². The molecule has 0 aliphatic carbocycles. The number of likely N-dealkylation sites (N-methyl/N-ethyl adjacent to an activating group) is 2. The molecule has 0 aromatic heterocycles. The van der Waals surface area contributed by atoms with Gasteiger partial charge in [0.15, 0.2) is 0 Å². The highest BCUT2D eigenvalue weighted by Crippen LogP contribution is 2.28. The molecule has 3 aliphatic rings. The number of nitrogens with one attached hydrogen (secondary N) is 2. The second-order valence-electron chi connectivity index (χ2n) is 7.77. The Morgan fingerprint density at radius 1 is 1.24 bits per heavy atom. The quantitative estimate of drug-likeness (QED) is 0.739. The molecule has 0 saturated carbocycles. The van der Waals surface area contributed by atoms with Crippen molar-refractivity contribution in [2.24, 2.45) is 0 Å². The van der Waals surface area contributed by atoms with Gasteiger partial charge in [-0.05, 0) is 37.6 Å². The predicted octanol–water partition coefficient (Wildman–Crippen LogP) is 1.67. The van der Waals surface area contributed by atoms with Crippen LogP contribution in [-0.2, 0) is 16.1 Å². The highest BCUT2D eigenvalue weighted by atomic mass is 35.5. The number of fused-ring (bicyclic) bond motifs is 1. The molecular formula is C19H25Cl2N5O3. The van der Waals surface area contributed by atoms with E-state index in [-0.39, 0.29) is 30.8 Å². The van der Waals surface area contributed by atoms with Crippen LogP contribution in [0.1, 0.15) is 18.4 Å². The minimum absolute atomic E-state index is 0.143. The van der Waals surface area contributed by atoms with Gasteiger partial charge in [0.25, 0.3) is 5.91 Å². The van der Waals surface area contributed by atoms with Crippen molar-refractivity contribution in [2.75, 3.05) is 27.3 Å². The molecule has 4 atom stereocenters. The molecule has 1 aromatic carbocycles. The Labute approximate surface area is 180 Å². The molecule has 3 amide bonds. The van der Waals surface area contributed by atoms with E-state index in [0.29, 0.717) is 16.7 Å². The molecule has 0 bridgehead atoms. The van der Waals surface area contributed by atoms with Crippen LogP contribution >= 0.6 is 23.2 Å². The summed E-state index contributed by atoms with van der Waals surface area (Å²) in [5.74, 6) is -0.233. The number of benzene rings is 1. The molecule has 3 fully saturated rings. The summed E-state index contributed by atoms with van der Waals surface area (Å²) < 4.78 is 5.54. The number of imide groups is 1. The monoisotopic (exact) mass is 441 g/mol. The number of urea groups is 1. The molecule has 3 unspecified atom stereocenters. The van der Waals surface area contributed by atoms with Crippen LogP contribution in [0.3, 0.4) is 0 Å². The van der Waals surface area contributed by atoms with Crippen molar-refractivity contribution in [1.82, 2.24) is 25.3 Å². The first-order valence-electron chi connectivity index (χ1n) is 9.70. The highest BCUT2D eigenvalue weighted by molar-refractivity contribution is 6.42. The normalized spacial score (nSPS) is 30.8. The maximum absolute atomic E-state index is 13.3. The standard InChI is InChI=1S/C19H25Cl2N5O3/c1-24-15-16(23-18(24)22-12-4-3-7-29-10-12)25(2)19(28)26(17(15)27)9-11-5-6-13(20)14(21)8-11/h5-6,8,12,15-16,18,22-23H,3-4,7,9-10H2,1-2H3/t12-,15?,16?,18?/m0/s1. The molecule has 0 spiro atoms. The van der Waals surface area contributed by atoms with Gasteiger partial charge in [0.05, 0.1) is 23.2 Å². The van der Waals surface area contributed by atoms with E-state index in [9.17, 15) is 9.59 Å². The van der Waals surface area contributed by atoms with Gasteiger partial charge in [-0.25, -0.2) is 4.79 Å². The minimum Gasteiger partial charge on any atom is -0.380 e. The lowest BCUT2D eigenvalue weighted by Crippen LogP contribution is -2.65. The molecule has 0 radical (unpaired) electrons. The number of carbonyl (C=O) groups excluding carboxylic acids is 2. The van der Waals surface area contributed by atoms with E-state index in [0.717, 1.165) is 25.0 Å². The molecule has 3 aliphatic heterocycles. The summed E-state index contributed by atoms with van der Waals surface area (Å²) in [7, 11) is 3.60. The van der Waals surface area contributed by atoms with Crippen LogP contribution in [0.5, 0.6) is 0 Å². The first kappa shape index (κ1) is 20.8. The smallest absolute Gasteiger partial charge is 0.328 e. The van der Waals surface area contributed by atoms with Gasteiger partial charge in [-0.15, -0.1) is 0 Å². The summed E-state index contributed by atoms with van der Waals surface area (Å²) in [6.45, 7) is 1.58. The van der Waals surface area contributed by atoms with Crippen molar-refractivity contribution >= 4 is 35.1 Å². The molecule has 2 N–H and O–H groups in total. The highest BCUT2D eigenvalue weighted by Gasteiger charge is 2.53. The molecule has 8 nitrogen and oxygen atoms in total. The summed E-state index contributed by atoms with van der Waals surface area (Å²) >= 11 is 12.1. The predicted molar refractivity (Wildman–Crippen MR) is 109 cm³/mol. The minimum atomic E-state index is -0.484. The van der Waals surface area contributed by atoms with Crippen LogP contribution in [0.25, 0.3) is 0 Å². The number of ether oxygens (including phenoxy) is 1. The van der Waals surface area contributed by atoms with E-state index in [1.54, 1.807) is 30.1 Å². The van der Waals surface area contributed by atoms with Crippen LogP contribution in [0.4, 0.5) is 4.79 Å². The van der Waals surface area contributed by atoms with Crippen molar-refractivity contribution in [2.45, 2.75) is 43.9 Å². The average Bonchev–Trinajstić information content (AvgIpc) is 3.03. The van der Waals surface area contributed by atoms with Gasteiger partial charge < -0.3 is 9.64 Å². The summed E-state index contributed by atoms with van der Waals surface area (Å²) in [5.41, 5.74) is 0.746. The van der Waals surface area contributed by atoms with E-state index in [2.05, 4.69) is 10.6 Å². The summed E-state index contributed by atoms with van der Waals surface area (Å²) in [4.78, 5) is 31.0. The fraction of sp³-hybridized carbons (Fsp3) is 0.579. The van der Waals surface area contributed by atoms with Crippen LogP contribution in [0.15, 0.2) is 18.2 Å². The van der Waals surface area contributed by atoms with Crippen molar-refractivity contribution in [1.29, 1.82) is 0 Å². The Morgan fingerprint density at radius 2 is 2.03 bits per heavy atom. The SMILES string of the molecule is CN1C(=O)N(Cc2ccc(Cl)c(Cl)c2)C(=O)C2C1NC(N[C@H]1CCCOC1)N2C. The average molecular weight is 442 g/mol. The number of hydrogen-bond acceptors (Lipinski definition) is 6. The van der Waals surface area contributed by atoms with Crippen LogP contribution in [0, 0.1) is 0 Å². The maximum Gasteiger partial charge on any atom is 0.328 e. The molecule has 4 rings (SSSR count). The van der Waals surface area contributed by atoms with Crippen molar-refractivity contribution < 1.29 is 14.3 Å². The summed E-state index contributed by atoms with van der Waals surface area (Å²) in [6, 6.07) is 4.51. The van der Waals surface area contributed by atoms with Gasteiger partial charge in [0.2, 0.25) is 0 Å². The fourth-order valence-corrected chi connectivity index (χ4v) is 4.50. The number of hydrogen-bond donors (Lipinski definition) is 2. The Hall–Kier alpha value is -1.42. The van der Waals surface area contributed by atoms with Gasteiger partial charge in [0, 0.05) is 19.7 Å². The molecule has 29 heavy (non-hydrogen) atoms. The Kier molecular flexibility index (Phi) is 6.02. The van der Waals surface area contributed by atoms with Gasteiger partial charge in [-0.2, -0.15) is 0 Å². The zero-order valence-electron chi connectivity index (χ0n) is 16.4. The van der Waals surface area contributed by atoms with Gasteiger partial charge >= 0.3 is 6.03 Å². The first-order chi connectivity index (χ1) is 13.9. The lowest BCUT2D eigenvalue weighted by molar-refractivity contribution is -0.138. The fourth-order valence-electron chi connectivity index (χ4n) is 4.18. The van der Waals surface area contributed by atoms with Gasteiger partial charge in [0.1, 0.15) is 18.5 Å². The summed E-state index contributed by atoms with van der Waals surface area (Å²) in [5, 5.41) is 7.72. The second kappa shape index (κ2) is 8.37. The third-order valence-corrected chi connectivity index (χ3v) is 6.56. The van der Waals surface area contributed by atoms with Crippen molar-refractivity contribution in [3.63, 3.8) is 0 Å². The van der Waals surface area contributed by atoms with E-state index in [4.69, 9.17) is 27.9 Å². The molecule has 3 heterocycles. The topological polar surface area (TPSA) is 77.2 Å². The van der Waals surface area contributed by atoms with Crippen LogP contribution in [-0.4, -0.2) is 78.5 Å². The number of nitrogens with zero attached hydrogens (tertiary/aromatic N) is 3. The van der Waals surface area contributed by atoms with Crippen molar-refractivity contribution in [3.8, 4) is 0 Å². The molecule has 158 valence electrons. The lowest BCUT2D eigenvalue weighted by Gasteiger charge is -2.40. The van der Waals surface area contributed by atoms with E-state index < -0.39 is 12.2 Å². The number of halogens is 2. The lowest BCUT2D eigenvalue weighted by atomic mass is 10.1. The van der Waals surface area contributed by atoms with E-state index in [1.807, 2.05) is 11.9 Å². The van der Waals surface area contributed by atoms with Crippen LogP contribution in [0.2, 0.25) is 10.0 Å². The zero-order valence-corrected chi connectivity index (χ0v) is 17.9. The molecule has 10 heteroatoms.